The summed E-state index contributed by atoms with van der Waals surface area (Å²) in [6.07, 6.45) is 2.22. The Balaban J connectivity index is 2.06. The van der Waals surface area contributed by atoms with Crippen LogP contribution in [0.4, 0.5) is 0 Å². The molecule has 1 heterocycles. The Hall–Kier alpha value is -2.74. The van der Waals surface area contributed by atoms with Gasteiger partial charge in [-0.05, 0) is 47.4 Å². The lowest BCUT2D eigenvalue weighted by Gasteiger charge is -2.12. The van der Waals surface area contributed by atoms with Crippen molar-refractivity contribution >= 4 is 21.8 Å². The van der Waals surface area contributed by atoms with Crippen molar-refractivity contribution in [1.29, 1.82) is 0 Å². The fourth-order valence-electron chi connectivity index (χ4n) is 3.55. The molecule has 0 amide bonds. The van der Waals surface area contributed by atoms with Gasteiger partial charge in [0.25, 0.3) is 0 Å². The summed E-state index contributed by atoms with van der Waals surface area (Å²) in [7, 11) is 1.71. The Kier molecular flexibility index (Phi) is 3.73. The molecule has 120 valence electrons. The highest BCUT2D eigenvalue weighted by Crippen LogP contribution is 2.38. The van der Waals surface area contributed by atoms with Crippen molar-refractivity contribution in [3.05, 3.63) is 66.2 Å². The lowest BCUT2D eigenvalue weighted by molar-refractivity contribution is 0.415. The van der Waals surface area contributed by atoms with Gasteiger partial charge in [-0.15, -0.1) is 0 Å². The highest BCUT2D eigenvalue weighted by molar-refractivity contribution is 6.14. The van der Waals surface area contributed by atoms with Crippen molar-refractivity contribution in [2.24, 2.45) is 0 Å². The topological polar surface area (TPSA) is 25.0 Å². The molecular weight excluding hydrogens is 294 g/mol. The molecule has 3 aromatic carbocycles. The summed E-state index contributed by atoms with van der Waals surface area (Å²) in [5.41, 5.74) is 6.38. The van der Waals surface area contributed by atoms with Crippen molar-refractivity contribution in [3.63, 3.8) is 0 Å². The molecule has 0 unspecified atom stereocenters. The zero-order valence-corrected chi connectivity index (χ0v) is 14.1. The van der Waals surface area contributed by atoms with Gasteiger partial charge in [-0.3, -0.25) is 0 Å². The van der Waals surface area contributed by atoms with Gasteiger partial charge in [0.1, 0.15) is 5.75 Å². The van der Waals surface area contributed by atoms with Gasteiger partial charge in [0.2, 0.25) is 0 Å². The number of benzene rings is 3. The molecule has 0 aliphatic carbocycles. The number of H-pyrrole nitrogens is 1. The van der Waals surface area contributed by atoms with E-state index >= 15 is 0 Å². The van der Waals surface area contributed by atoms with Gasteiger partial charge in [0, 0.05) is 21.8 Å². The number of hydrogen-bond donors (Lipinski definition) is 1. The van der Waals surface area contributed by atoms with Gasteiger partial charge >= 0.3 is 0 Å². The summed E-state index contributed by atoms with van der Waals surface area (Å²) in [6.45, 7) is 2.23. The smallest absolute Gasteiger partial charge is 0.118 e. The first-order chi connectivity index (χ1) is 11.8. The van der Waals surface area contributed by atoms with Gasteiger partial charge in [0.05, 0.1) is 7.11 Å². The largest absolute Gasteiger partial charge is 0.497 e. The van der Waals surface area contributed by atoms with Crippen LogP contribution in [0.15, 0.2) is 60.7 Å². The minimum atomic E-state index is 0.891. The molecule has 0 fully saturated rings. The normalized spacial score (nSPS) is 11.2. The zero-order valence-electron chi connectivity index (χ0n) is 14.1. The summed E-state index contributed by atoms with van der Waals surface area (Å²) in [6, 6.07) is 21.4. The van der Waals surface area contributed by atoms with E-state index in [1.54, 1.807) is 7.11 Å². The van der Waals surface area contributed by atoms with Crippen LogP contribution in [0, 0.1) is 0 Å². The zero-order chi connectivity index (χ0) is 16.5. The molecule has 0 aliphatic heterocycles. The maximum atomic E-state index is 5.32. The Morgan fingerprint density at radius 1 is 0.875 bits per heavy atom. The van der Waals surface area contributed by atoms with Gasteiger partial charge in [-0.2, -0.15) is 0 Å². The summed E-state index contributed by atoms with van der Waals surface area (Å²) >= 11 is 0. The molecule has 24 heavy (non-hydrogen) atoms. The van der Waals surface area contributed by atoms with Crippen molar-refractivity contribution in [3.8, 4) is 16.9 Å². The van der Waals surface area contributed by atoms with E-state index in [-0.39, 0.29) is 0 Å². The highest BCUT2D eigenvalue weighted by Gasteiger charge is 2.14. The van der Waals surface area contributed by atoms with Gasteiger partial charge in [-0.25, -0.2) is 0 Å². The van der Waals surface area contributed by atoms with Crippen LogP contribution in [-0.4, -0.2) is 12.1 Å². The van der Waals surface area contributed by atoms with Crippen LogP contribution >= 0.6 is 0 Å². The Bertz CT molecular complexity index is 996. The number of ether oxygens (including phenoxy) is 1. The maximum absolute atomic E-state index is 5.32. The summed E-state index contributed by atoms with van der Waals surface area (Å²) in [5.74, 6) is 0.891. The number of fused-ring (bicyclic) bond motifs is 3. The molecule has 4 rings (SSSR count). The number of aromatic nitrogens is 1. The first-order valence-electron chi connectivity index (χ1n) is 8.48. The summed E-state index contributed by atoms with van der Waals surface area (Å²) in [4.78, 5) is 3.56. The average Bonchev–Trinajstić information content (AvgIpc) is 3.01. The fraction of sp³-hybridized carbons (Fsp3) is 0.182. The third-order valence-electron chi connectivity index (χ3n) is 4.66. The number of para-hydroxylation sites is 1. The molecular formula is C22H21NO. The van der Waals surface area contributed by atoms with Crippen LogP contribution in [-0.2, 0) is 6.42 Å². The number of methoxy groups -OCH3 is 1. The second kappa shape index (κ2) is 6.04. The first-order valence-corrected chi connectivity index (χ1v) is 8.48. The van der Waals surface area contributed by atoms with Crippen LogP contribution in [0.3, 0.4) is 0 Å². The fourth-order valence-corrected chi connectivity index (χ4v) is 3.55. The van der Waals surface area contributed by atoms with E-state index in [1.165, 1.54) is 38.5 Å². The molecule has 0 atom stereocenters. The standard InChI is InChI=1S/C22H21NO/c1-3-6-15-11-14-20-22(18-7-4-5-8-19(18)23-20)21(15)16-9-12-17(24-2)13-10-16/h4-5,7-14,23H,3,6H2,1-2H3. The van der Waals surface area contributed by atoms with Crippen molar-refractivity contribution < 1.29 is 4.74 Å². The van der Waals surface area contributed by atoms with Crippen LogP contribution in [0.5, 0.6) is 5.75 Å². The van der Waals surface area contributed by atoms with Crippen LogP contribution < -0.4 is 4.74 Å². The third kappa shape index (κ3) is 2.35. The minimum absolute atomic E-state index is 0.891. The molecule has 0 saturated carbocycles. The second-order valence-electron chi connectivity index (χ2n) is 6.17. The highest BCUT2D eigenvalue weighted by atomic mass is 16.5. The molecule has 0 saturated heterocycles. The molecule has 1 N–H and O–H groups in total. The van der Waals surface area contributed by atoms with E-state index in [4.69, 9.17) is 4.74 Å². The molecule has 4 aromatic rings. The SMILES string of the molecule is CCCc1ccc2[nH]c3ccccc3c2c1-c1ccc(OC)cc1. The maximum Gasteiger partial charge on any atom is 0.118 e. The Labute approximate surface area is 142 Å². The van der Waals surface area contributed by atoms with E-state index in [2.05, 4.69) is 60.4 Å². The average molecular weight is 315 g/mol. The molecule has 0 bridgehead atoms. The molecule has 2 heteroatoms. The number of aromatic amines is 1. The van der Waals surface area contributed by atoms with Gasteiger partial charge in [0.15, 0.2) is 0 Å². The number of hydrogen-bond acceptors (Lipinski definition) is 1. The van der Waals surface area contributed by atoms with E-state index in [9.17, 15) is 0 Å². The monoisotopic (exact) mass is 315 g/mol. The van der Waals surface area contributed by atoms with Crippen molar-refractivity contribution in [2.75, 3.05) is 7.11 Å². The number of rotatable bonds is 4. The quantitative estimate of drug-likeness (QED) is 0.494. The first kappa shape index (κ1) is 14.8. The minimum Gasteiger partial charge on any atom is -0.497 e. The number of aryl methyl sites for hydroxylation is 1. The van der Waals surface area contributed by atoms with Crippen LogP contribution in [0.25, 0.3) is 32.9 Å². The lowest BCUT2D eigenvalue weighted by atomic mass is 9.92. The van der Waals surface area contributed by atoms with Crippen molar-refractivity contribution in [2.45, 2.75) is 19.8 Å². The van der Waals surface area contributed by atoms with Crippen molar-refractivity contribution in [1.82, 2.24) is 4.98 Å². The van der Waals surface area contributed by atoms with Crippen LogP contribution in [0.1, 0.15) is 18.9 Å². The Morgan fingerprint density at radius 2 is 1.67 bits per heavy atom. The predicted molar refractivity (Wildman–Crippen MR) is 102 cm³/mol. The van der Waals surface area contributed by atoms with E-state index in [1.807, 2.05) is 12.1 Å². The van der Waals surface area contributed by atoms with Gasteiger partial charge in [-0.1, -0.05) is 49.7 Å². The second-order valence-corrected chi connectivity index (χ2v) is 6.17. The molecule has 2 nitrogen and oxygen atoms in total. The summed E-state index contributed by atoms with van der Waals surface area (Å²) < 4.78 is 5.32. The van der Waals surface area contributed by atoms with Gasteiger partial charge < -0.3 is 9.72 Å². The van der Waals surface area contributed by atoms with E-state index in [0.29, 0.717) is 0 Å². The molecule has 0 radical (unpaired) electrons. The predicted octanol–water partition coefficient (Wildman–Crippen LogP) is 5.95. The van der Waals surface area contributed by atoms with E-state index in [0.717, 1.165) is 18.6 Å². The molecule has 1 aromatic heterocycles. The lowest BCUT2D eigenvalue weighted by Crippen LogP contribution is -1.91. The van der Waals surface area contributed by atoms with Crippen LogP contribution in [0.2, 0.25) is 0 Å². The third-order valence-corrected chi connectivity index (χ3v) is 4.66. The summed E-state index contributed by atoms with van der Waals surface area (Å²) in [5, 5.41) is 2.61. The molecule has 0 aliphatic rings. The van der Waals surface area contributed by atoms with E-state index < -0.39 is 0 Å². The number of nitrogens with one attached hydrogen (secondary N) is 1. The Morgan fingerprint density at radius 3 is 2.42 bits per heavy atom. The molecule has 0 spiro atoms.